The van der Waals surface area contributed by atoms with Gasteiger partial charge in [0.05, 0.1) is 10.7 Å². The summed E-state index contributed by atoms with van der Waals surface area (Å²) in [5.41, 5.74) is 3.17. The van der Waals surface area contributed by atoms with Crippen molar-refractivity contribution < 1.29 is 0 Å². The number of halogens is 2. The predicted octanol–water partition coefficient (Wildman–Crippen LogP) is 7.31. The zero-order valence-electron chi connectivity index (χ0n) is 13.0. The smallest absolute Gasteiger partial charge is 0.0645 e. The number of rotatable bonds is 4. The molecule has 0 amide bonds. The highest BCUT2D eigenvalue weighted by atomic mass is 79.9. The second-order valence-electron chi connectivity index (χ2n) is 5.34. The second kappa shape index (κ2) is 8.02. The lowest BCUT2D eigenvalue weighted by Crippen LogP contribution is -1.81. The van der Waals surface area contributed by atoms with Crippen LogP contribution in [0.25, 0.3) is 0 Å². The molecule has 3 rings (SSSR count). The standard InChI is InChI=1S/C20H15BrClNS/c1-14-2-7-17(8-3-14)24-18-9-4-15(5-10-18)13-23-16-6-11-19(21)20(22)12-16/h2-13H,1H3. The lowest BCUT2D eigenvalue weighted by molar-refractivity contribution is 1.36. The third-order valence-electron chi connectivity index (χ3n) is 3.40. The van der Waals surface area contributed by atoms with Crippen LogP contribution >= 0.6 is 39.3 Å². The summed E-state index contributed by atoms with van der Waals surface area (Å²) in [6, 6.07) is 22.6. The molecule has 0 radical (unpaired) electrons. The minimum absolute atomic E-state index is 0.662. The summed E-state index contributed by atoms with van der Waals surface area (Å²) in [6.45, 7) is 2.10. The average Bonchev–Trinajstić information content (AvgIpc) is 2.59. The van der Waals surface area contributed by atoms with Gasteiger partial charge in [0.1, 0.15) is 0 Å². The Morgan fingerprint density at radius 1 is 0.917 bits per heavy atom. The fraction of sp³-hybridized carbons (Fsp3) is 0.0500. The van der Waals surface area contributed by atoms with Gasteiger partial charge < -0.3 is 0 Å². The van der Waals surface area contributed by atoms with E-state index in [2.05, 4.69) is 76.4 Å². The summed E-state index contributed by atoms with van der Waals surface area (Å²) in [6.07, 6.45) is 1.85. The molecule has 0 aliphatic carbocycles. The van der Waals surface area contributed by atoms with Crippen LogP contribution in [0.5, 0.6) is 0 Å². The molecule has 0 N–H and O–H groups in total. The largest absolute Gasteiger partial charge is 0.256 e. The molecule has 0 saturated carbocycles. The molecule has 3 aromatic rings. The van der Waals surface area contributed by atoms with E-state index in [9.17, 15) is 0 Å². The van der Waals surface area contributed by atoms with Crippen LogP contribution in [0.15, 0.2) is 86.0 Å². The first kappa shape index (κ1) is 17.3. The molecule has 0 heterocycles. The van der Waals surface area contributed by atoms with Crippen LogP contribution < -0.4 is 0 Å². The quantitative estimate of drug-likeness (QED) is 0.406. The number of benzene rings is 3. The fourth-order valence-corrected chi connectivity index (χ4v) is 3.32. The molecule has 0 unspecified atom stereocenters. The molecule has 0 saturated heterocycles. The van der Waals surface area contributed by atoms with Crippen LogP contribution in [0.1, 0.15) is 11.1 Å². The third-order valence-corrected chi connectivity index (χ3v) is 5.65. The Bertz CT molecular complexity index is 858. The van der Waals surface area contributed by atoms with Crippen molar-refractivity contribution in [2.24, 2.45) is 4.99 Å². The Labute approximate surface area is 159 Å². The van der Waals surface area contributed by atoms with Gasteiger partial charge in [0.2, 0.25) is 0 Å². The van der Waals surface area contributed by atoms with Gasteiger partial charge in [0.25, 0.3) is 0 Å². The van der Waals surface area contributed by atoms with Gasteiger partial charge in [-0.2, -0.15) is 0 Å². The monoisotopic (exact) mass is 415 g/mol. The highest BCUT2D eigenvalue weighted by molar-refractivity contribution is 9.10. The second-order valence-corrected chi connectivity index (χ2v) is 7.75. The first-order chi connectivity index (χ1) is 11.6. The average molecular weight is 417 g/mol. The predicted molar refractivity (Wildman–Crippen MR) is 108 cm³/mol. The number of hydrogen-bond donors (Lipinski definition) is 0. The topological polar surface area (TPSA) is 12.4 Å². The van der Waals surface area contributed by atoms with Crippen molar-refractivity contribution in [2.75, 3.05) is 0 Å². The third kappa shape index (κ3) is 4.73. The van der Waals surface area contributed by atoms with Crippen molar-refractivity contribution >= 4 is 51.2 Å². The van der Waals surface area contributed by atoms with E-state index in [1.54, 1.807) is 11.8 Å². The lowest BCUT2D eigenvalue weighted by Gasteiger charge is -2.03. The molecule has 4 heteroatoms. The molecule has 0 atom stereocenters. The van der Waals surface area contributed by atoms with Crippen molar-refractivity contribution in [3.8, 4) is 0 Å². The lowest BCUT2D eigenvalue weighted by atomic mass is 10.2. The molecule has 0 fully saturated rings. The van der Waals surface area contributed by atoms with Crippen LogP contribution in [0.2, 0.25) is 5.02 Å². The van der Waals surface area contributed by atoms with Gasteiger partial charge in [0, 0.05) is 20.5 Å². The van der Waals surface area contributed by atoms with Crippen molar-refractivity contribution in [2.45, 2.75) is 16.7 Å². The summed E-state index contributed by atoms with van der Waals surface area (Å²) in [5.74, 6) is 0. The Hall–Kier alpha value is -1.55. The molecule has 0 aliphatic rings. The van der Waals surface area contributed by atoms with Crippen LogP contribution in [-0.4, -0.2) is 6.21 Å². The Kier molecular flexibility index (Phi) is 5.77. The van der Waals surface area contributed by atoms with E-state index in [1.807, 2.05) is 24.4 Å². The highest BCUT2D eigenvalue weighted by Crippen LogP contribution is 2.28. The minimum atomic E-state index is 0.662. The van der Waals surface area contributed by atoms with E-state index < -0.39 is 0 Å². The highest BCUT2D eigenvalue weighted by Gasteiger charge is 1.99. The van der Waals surface area contributed by atoms with Gasteiger partial charge in [-0.05, 0) is 70.9 Å². The Balaban J connectivity index is 1.68. The van der Waals surface area contributed by atoms with Crippen molar-refractivity contribution in [3.63, 3.8) is 0 Å². The number of aryl methyl sites for hydroxylation is 1. The van der Waals surface area contributed by atoms with Crippen molar-refractivity contribution in [3.05, 3.63) is 87.4 Å². The molecule has 0 spiro atoms. The summed E-state index contributed by atoms with van der Waals surface area (Å²) in [5, 5.41) is 0.662. The summed E-state index contributed by atoms with van der Waals surface area (Å²) < 4.78 is 0.876. The molecular weight excluding hydrogens is 402 g/mol. The van der Waals surface area contributed by atoms with E-state index in [0.29, 0.717) is 5.02 Å². The SMILES string of the molecule is Cc1ccc(Sc2ccc(C=Nc3ccc(Br)c(Cl)c3)cc2)cc1. The van der Waals surface area contributed by atoms with Crippen LogP contribution in [0, 0.1) is 6.92 Å². The maximum Gasteiger partial charge on any atom is 0.0645 e. The minimum Gasteiger partial charge on any atom is -0.256 e. The van der Waals surface area contributed by atoms with Gasteiger partial charge in [0.15, 0.2) is 0 Å². The number of nitrogens with zero attached hydrogens (tertiary/aromatic N) is 1. The molecule has 120 valence electrons. The Morgan fingerprint density at radius 3 is 2.17 bits per heavy atom. The first-order valence-corrected chi connectivity index (χ1v) is 9.42. The molecule has 0 aromatic heterocycles. The van der Waals surface area contributed by atoms with Crippen LogP contribution in [0.4, 0.5) is 5.69 Å². The summed E-state index contributed by atoms with van der Waals surface area (Å²) >= 11 is 11.2. The van der Waals surface area contributed by atoms with Crippen molar-refractivity contribution in [1.29, 1.82) is 0 Å². The molecule has 3 aromatic carbocycles. The van der Waals surface area contributed by atoms with E-state index in [-0.39, 0.29) is 0 Å². The zero-order chi connectivity index (χ0) is 16.9. The fourth-order valence-electron chi connectivity index (χ4n) is 2.08. The normalized spacial score (nSPS) is 11.1. The number of aliphatic imine (C=N–C) groups is 1. The number of hydrogen-bond acceptors (Lipinski definition) is 2. The summed E-state index contributed by atoms with van der Waals surface area (Å²) in [7, 11) is 0. The maximum atomic E-state index is 6.08. The Morgan fingerprint density at radius 2 is 1.54 bits per heavy atom. The molecule has 0 bridgehead atoms. The van der Waals surface area contributed by atoms with Gasteiger partial charge in [-0.25, -0.2) is 0 Å². The van der Waals surface area contributed by atoms with Crippen molar-refractivity contribution in [1.82, 2.24) is 0 Å². The van der Waals surface area contributed by atoms with E-state index >= 15 is 0 Å². The van der Waals surface area contributed by atoms with Gasteiger partial charge in [-0.3, -0.25) is 4.99 Å². The van der Waals surface area contributed by atoms with E-state index in [0.717, 1.165) is 15.7 Å². The summed E-state index contributed by atoms with van der Waals surface area (Å²) in [4.78, 5) is 6.92. The maximum absolute atomic E-state index is 6.08. The van der Waals surface area contributed by atoms with E-state index in [1.165, 1.54) is 15.4 Å². The van der Waals surface area contributed by atoms with E-state index in [4.69, 9.17) is 11.6 Å². The van der Waals surface area contributed by atoms with Gasteiger partial charge in [-0.15, -0.1) is 0 Å². The van der Waals surface area contributed by atoms with Crippen LogP contribution in [0.3, 0.4) is 0 Å². The molecule has 0 aliphatic heterocycles. The van der Waals surface area contributed by atoms with Gasteiger partial charge in [-0.1, -0.05) is 53.2 Å². The molecule has 24 heavy (non-hydrogen) atoms. The molecular formula is C20H15BrClNS. The van der Waals surface area contributed by atoms with Crippen LogP contribution in [-0.2, 0) is 0 Å². The molecule has 1 nitrogen and oxygen atoms in total. The first-order valence-electron chi connectivity index (χ1n) is 7.44. The zero-order valence-corrected chi connectivity index (χ0v) is 16.2. The van der Waals surface area contributed by atoms with Gasteiger partial charge >= 0.3 is 0 Å².